The molecular weight excluding hydrogens is 252 g/mol. The summed E-state index contributed by atoms with van der Waals surface area (Å²) in [6.45, 7) is 2.02. The largest absolute Gasteiger partial charge is 0.294 e. The lowest BCUT2D eigenvalue weighted by atomic mass is 9.97. The molecule has 1 nitrogen and oxygen atoms in total. The highest BCUT2D eigenvalue weighted by atomic mass is 32.2. The fraction of sp³-hybridized carbons (Fsp3) is 0.235. The van der Waals surface area contributed by atoms with Crippen molar-refractivity contribution in [2.45, 2.75) is 18.2 Å². The monoisotopic (exact) mass is 268 g/mol. The molecule has 0 N–H and O–H groups in total. The van der Waals surface area contributed by atoms with E-state index in [1.54, 1.807) is 11.8 Å². The van der Waals surface area contributed by atoms with Gasteiger partial charge in [0.25, 0.3) is 0 Å². The lowest BCUT2D eigenvalue weighted by Crippen LogP contribution is -2.02. The molecule has 0 saturated heterocycles. The molecule has 0 fully saturated rings. The molecule has 1 unspecified atom stereocenters. The maximum atomic E-state index is 12.1. The van der Waals surface area contributed by atoms with E-state index >= 15 is 0 Å². The fourth-order valence-electron chi connectivity index (χ4n) is 2.74. The average Bonchev–Trinajstić information content (AvgIpc) is 2.75. The van der Waals surface area contributed by atoms with Crippen molar-refractivity contribution in [2.24, 2.45) is 5.92 Å². The van der Waals surface area contributed by atoms with E-state index in [0.29, 0.717) is 0 Å². The summed E-state index contributed by atoms with van der Waals surface area (Å²) in [6.07, 6.45) is 2.95. The zero-order valence-electron chi connectivity index (χ0n) is 11.1. The Labute approximate surface area is 118 Å². The minimum Gasteiger partial charge on any atom is -0.294 e. The van der Waals surface area contributed by atoms with E-state index in [1.165, 1.54) is 21.6 Å². The zero-order valence-corrected chi connectivity index (χ0v) is 12.0. The topological polar surface area (TPSA) is 17.1 Å². The Morgan fingerprint density at radius 2 is 1.74 bits per heavy atom. The normalized spacial score (nSPS) is 17.6. The van der Waals surface area contributed by atoms with Gasteiger partial charge in [-0.25, -0.2) is 0 Å². The van der Waals surface area contributed by atoms with E-state index in [0.717, 1.165) is 12.0 Å². The number of carbonyl (C=O) groups excluding carboxylic acids is 1. The minimum atomic E-state index is 0.127. The summed E-state index contributed by atoms with van der Waals surface area (Å²) in [5.41, 5.74) is 4.55. The molecular formula is C17H16OS. The molecule has 96 valence electrons. The molecule has 0 aromatic heterocycles. The Morgan fingerprint density at radius 1 is 1.05 bits per heavy atom. The Bertz CT molecular complexity index is 628. The molecule has 2 heteroatoms. The second-order valence-corrected chi connectivity index (χ2v) is 5.91. The van der Waals surface area contributed by atoms with Gasteiger partial charge >= 0.3 is 0 Å². The molecule has 19 heavy (non-hydrogen) atoms. The first-order valence-electron chi connectivity index (χ1n) is 6.51. The zero-order chi connectivity index (χ0) is 13.4. The van der Waals surface area contributed by atoms with Crippen molar-refractivity contribution in [1.82, 2.24) is 0 Å². The van der Waals surface area contributed by atoms with Crippen LogP contribution in [-0.4, -0.2) is 12.0 Å². The third-order valence-corrected chi connectivity index (χ3v) is 4.54. The van der Waals surface area contributed by atoms with E-state index in [4.69, 9.17) is 0 Å². The number of hydrogen-bond donors (Lipinski definition) is 0. The summed E-state index contributed by atoms with van der Waals surface area (Å²) >= 11 is 1.74. The van der Waals surface area contributed by atoms with Crippen LogP contribution >= 0.6 is 11.8 Å². The van der Waals surface area contributed by atoms with Crippen LogP contribution < -0.4 is 0 Å². The van der Waals surface area contributed by atoms with Crippen molar-refractivity contribution in [3.8, 4) is 11.1 Å². The van der Waals surface area contributed by atoms with E-state index in [1.807, 2.05) is 19.1 Å². The van der Waals surface area contributed by atoms with E-state index < -0.39 is 0 Å². The van der Waals surface area contributed by atoms with Crippen LogP contribution in [0.4, 0.5) is 0 Å². The number of ketones is 1. The molecule has 0 radical (unpaired) electrons. The van der Waals surface area contributed by atoms with Crippen molar-refractivity contribution >= 4 is 17.5 Å². The van der Waals surface area contributed by atoms with Gasteiger partial charge in [-0.15, -0.1) is 11.8 Å². The summed E-state index contributed by atoms with van der Waals surface area (Å²) in [5.74, 6) is 0.416. The molecule has 0 heterocycles. The van der Waals surface area contributed by atoms with Gasteiger partial charge in [0.1, 0.15) is 0 Å². The van der Waals surface area contributed by atoms with Gasteiger partial charge in [0.15, 0.2) is 5.78 Å². The van der Waals surface area contributed by atoms with Crippen molar-refractivity contribution in [1.29, 1.82) is 0 Å². The number of Topliss-reactive ketones (excluding diaryl/α,β-unsaturated/α-hetero) is 1. The van der Waals surface area contributed by atoms with Gasteiger partial charge in [0, 0.05) is 16.4 Å². The third kappa shape index (κ3) is 2.10. The maximum absolute atomic E-state index is 12.1. The summed E-state index contributed by atoms with van der Waals surface area (Å²) in [5, 5.41) is 0. The number of fused-ring (bicyclic) bond motifs is 1. The maximum Gasteiger partial charge on any atom is 0.166 e. The summed E-state index contributed by atoms with van der Waals surface area (Å²) in [4.78, 5) is 13.3. The molecule has 0 aliphatic heterocycles. The van der Waals surface area contributed by atoms with E-state index in [2.05, 4.69) is 36.6 Å². The Balaban J connectivity index is 2.09. The molecule has 2 aromatic rings. The third-order valence-electron chi connectivity index (χ3n) is 3.80. The molecule has 0 amide bonds. The smallest absolute Gasteiger partial charge is 0.166 e. The Hall–Kier alpha value is -1.54. The van der Waals surface area contributed by atoms with Crippen molar-refractivity contribution in [2.75, 3.05) is 6.26 Å². The Kier molecular flexibility index (Phi) is 3.19. The number of rotatable bonds is 2. The number of hydrogen-bond acceptors (Lipinski definition) is 2. The van der Waals surface area contributed by atoms with Gasteiger partial charge in [-0.1, -0.05) is 37.3 Å². The molecule has 2 aromatic carbocycles. The Morgan fingerprint density at radius 3 is 2.42 bits per heavy atom. The first kappa shape index (κ1) is 12.5. The van der Waals surface area contributed by atoms with Crippen LogP contribution in [0.3, 0.4) is 0 Å². The standard InChI is InChI=1S/C17H16OS/c1-11-10-16-14(4-3-5-15(16)17(11)18)12-6-8-13(19-2)9-7-12/h3-9,11H,10H2,1-2H3. The number of carbonyl (C=O) groups is 1. The van der Waals surface area contributed by atoms with E-state index in [9.17, 15) is 4.79 Å². The highest BCUT2D eigenvalue weighted by Gasteiger charge is 2.28. The van der Waals surface area contributed by atoms with Crippen LogP contribution in [0.2, 0.25) is 0 Å². The predicted octanol–water partition coefficient (Wildman–Crippen LogP) is 4.45. The molecule has 0 spiro atoms. The van der Waals surface area contributed by atoms with E-state index in [-0.39, 0.29) is 11.7 Å². The van der Waals surface area contributed by atoms with Crippen LogP contribution in [0.5, 0.6) is 0 Å². The quantitative estimate of drug-likeness (QED) is 0.748. The molecule has 1 aliphatic rings. The van der Waals surface area contributed by atoms with Crippen molar-refractivity contribution in [3.63, 3.8) is 0 Å². The molecule has 1 aliphatic carbocycles. The van der Waals surface area contributed by atoms with Crippen LogP contribution in [0, 0.1) is 5.92 Å². The molecule has 1 atom stereocenters. The molecule has 3 rings (SSSR count). The minimum absolute atomic E-state index is 0.127. The SMILES string of the molecule is CSc1ccc(-c2cccc3c2CC(C)C3=O)cc1. The van der Waals surface area contributed by atoms with Gasteiger partial charge in [-0.05, 0) is 41.5 Å². The second kappa shape index (κ2) is 4.86. The lowest BCUT2D eigenvalue weighted by Gasteiger charge is -2.08. The van der Waals surface area contributed by atoms with Crippen molar-refractivity contribution in [3.05, 3.63) is 53.6 Å². The second-order valence-electron chi connectivity index (χ2n) is 5.03. The van der Waals surface area contributed by atoms with Gasteiger partial charge in [0.2, 0.25) is 0 Å². The van der Waals surface area contributed by atoms with Crippen molar-refractivity contribution < 1.29 is 4.79 Å². The van der Waals surface area contributed by atoms with Crippen LogP contribution in [0.25, 0.3) is 11.1 Å². The molecule has 0 bridgehead atoms. The average molecular weight is 268 g/mol. The van der Waals surface area contributed by atoms with Gasteiger partial charge in [0.05, 0.1) is 0 Å². The molecule has 0 saturated carbocycles. The predicted molar refractivity (Wildman–Crippen MR) is 80.9 cm³/mol. The highest BCUT2D eigenvalue weighted by Crippen LogP contribution is 2.35. The number of benzene rings is 2. The van der Waals surface area contributed by atoms with Gasteiger partial charge < -0.3 is 0 Å². The fourth-order valence-corrected chi connectivity index (χ4v) is 3.15. The van der Waals surface area contributed by atoms with Crippen LogP contribution in [0.1, 0.15) is 22.8 Å². The van der Waals surface area contributed by atoms with Gasteiger partial charge in [-0.3, -0.25) is 4.79 Å². The summed E-state index contributed by atoms with van der Waals surface area (Å²) in [7, 11) is 0. The van der Waals surface area contributed by atoms with Crippen LogP contribution in [0.15, 0.2) is 47.4 Å². The lowest BCUT2D eigenvalue weighted by molar-refractivity contribution is 0.0946. The number of thioether (sulfide) groups is 1. The van der Waals surface area contributed by atoms with Gasteiger partial charge in [-0.2, -0.15) is 0 Å². The summed E-state index contributed by atoms with van der Waals surface area (Å²) < 4.78 is 0. The summed E-state index contributed by atoms with van der Waals surface area (Å²) in [6, 6.07) is 14.6. The van der Waals surface area contributed by atoms with Crippen LogP contribution in [-0.2, 0) is 6.42 Å². The highest BCUT2D eigenvalue weighted by molar-refractivity contribution is 7.98. The first-order valence-corrected chi connectivity index (χ1v) is 7.73. The first-order chi connectivity index (χ1) is 9.20.